The Labute approximate surface area is 102 Å². The van der Waals surface area contributed by atoms with Crippen LogP contribution in [0.5, 0.6) is 0 Å². The van der Waals surface area contributed by atoms with E-state index in [0.29, 0.717) is 5.76 Å². The second kappa shape index (κ2) is 5.62. The zero-order valence-electron chi connectivity index (χ0n) is 10.6. The Balaban J connectivity index is 1.77. The van der Waals surface area contributed by atoms with E-state index in [9.17, 15) is 5.11 Å². The molecule has 2 rings (SSSR count). The average Bonchev–Trinajstić information content (AvgIpc) is 2.77. The van der Waals surface area contributed by atoms with Crippen LogP contribution in [0.2, 0.25) is 0 Å². The summed E-state index contributed by atoms with van der Waals surface area (Å²) in [4.78, 5) is 8.94. The summed E-state index contributed by atoms with van der Waals surface area (Å²) in [5.74, 6) is 1.28. The average molecular weight is 239 g/mol. The number of aliphatic hydroxyl groups excluding tert-OH is 1. The predicted octanol–water partition coefficient (Wildman–Crippen LogP) is 0.518. The first kappa shape index (κ1) is 12.5. The predicted molar refractivity (Wildman–Crippen MR) is 64.8 cm³/mol. The van der Waals surface area contributed by atoms with Crippen molar-refractivity contribution >= 4 is 0 Å². The lowest BCUT2D eigenvalue weighted by Gasteiger charge is -2.31. The molecule has 17 heavy (non-hydrogen) atoms. The van der Waals surface area contributed by atoms with Crippen LogP contribution in [0, 0.1) is 0 Å². The van der Waals surface area contributed by atoms with Crippen molar-refractivity contribution in [3.8, 4) is 0 Å². The highest BCUT2D eigenvalue weighted by Crippen LogP contribution is 2.13. The van der Waals surface area contributed by atoms with Crippen molar-refractivity contribution in [1.29, 1.82) is 0 Å². The molecule has 1 aromatic rings. The summed E-state index contributed by atoms with van der Waals surface area (Å²) in [6.07, 6.45) is 1.86. The van der Waals surface area contributed by atoms with Gasteiger partial charge in [-0.1, -0.05) is 0 Å². The highest BCUT2D eigenvalue weighted by Gasteiger charge is 2.15. The van der Waals surface area contributed by atoms with Crippen molar-refractivity contribution in [1.82, 2.24) is 14.8 Å². The summed E-state index contributed by atoms with van der Waals surface area (Å²) in [5, 5.41) is 9.33. The molecule has 0 aromatic carbocycles. The number of oxazole rings is 1. The van der Waals surface area contributed by atoms with Crippen LogP contribution in [0.3, 0.4) is 0 Å². The normalized spacial score (nSPS) is 20.6. The molecule has 0 radical (unpaired) electrons. The first-order valence-electron chi connectivity index (χ1n) is 6.18. The SMILES string of the molecule is CC(O)c1cnc(CCN2CCN(C)CC2)o1. The number of aliphatic hydroxyl groups is 1. The summed E-state index contributed by atoms with van der Waals surface area (Å²) in [6, 6.07) is 0. The largest absolute Gasteiger partial charge is 0.443 e. The van der Waals surface area contributed by atoms with Gasteiger partial charge in [0.25, 0.3) is 0 Å². The van der Waals surface area contributed by atoms with Crippen LogP contribution in [0.25, 0.3) is 0 Å². The van der Waals surface area contributed by atoms with Crippen LogP contribution in [-0.4, -0.2) is 59.7 Å². The minimum Gasteiger partial charge on any atom is -0.443 e. The number of nitrogens with zero attached hydrogens (tertiary/aromatic N) is 3. The molecule has 1 aromatic heterocycles. The fourth-order valence-corrected chi connectivity index (χ4v) is 1.96. The smallest absolute Gasteiger partial charge is 0.195 e. The summed E-state index contributed by atoms with van der Waals surface area (Å²) < 4.78 is 5.46. The molecule has 2 heterocycles. The highest BCUT2D eigenvalue weighted by atomic mass is 16.4. The molecule has 0 spiro atoms. The maximum atomic E-state index is 9.33. The van der Waals surface area contributed by atoms with Crippen LogP contribution in [0.1, 0.15) is 24.7 Å². The molecule has 1 N–H and O–H groups in total. The van der Waals surface area contributed by atoms with Crippen molar-refractivity contribution in [3.63, 3.8) is 0 Å². The van der Waals surface area contributed by atoms with Gasteiger partial charge in [0, 0.05) is 39.1 Å². The third-order valence-electron chi connectivity index (χ3n) is 3.22. The maximum Gasteiger partial charge on any atom is 0.195 e. The van der Waals surface area contributed by atoms with Gasteiger partial charge in [-0.3, -0.25) is 0 Å². The van der Waals surface area contributed by atoms with Crippen molar-refractivity contribution in [2.24, 2.45) is 0 Å². The summed E-state index contributed by atoms with van der Waals surface area (Å²) in [5.41, 5.74) is 0. The van der Waals surface area contributed by atoms with Crippen molar-refractivity contribution in [3.05, 3.63) is 17.8 Å². The van der Waals surface area contributed by atoms with E-state index in [1.54, 1.807) is 13.1 Å². The molecule has 1 aliphatic heterocycles. The van der Waals surface area contributed by atoms with Gasteiger partial charge in [0.1, 0.15) is 6.10 Å². The van der Waals surface area contributed by atoms with E-state index in [0.717, 1.165) is 45.0 Å². The minimum absolute atomic E-state index is 0.554. The third-order valence-corrected chi connectivity index (χ3v) is 3.22. The molecule has 0 amide bonds. The summed E-state index contributed by atoms with van der Waals surface area (Å²) >= 11 is 0. The lowest BCUT2D eigenvalue weighted by molar-refractivity contribution is 0.149. The van der Waals surface area contributed by atoms with E-state index in [2.05, 4.69) is 21.8 Å². The van der Waals surface area contributed by atoms with Gasteiger partial charge < -0.3 is 19.3 Å². The number of aromatic nitrogens is 1. The Bertz CT molecular complexity index is 343. The van der Waals surface area contributed by atoms with Gasteiger partial charge in [0.15, 0.2) is 11.7 Å². The second-order valence-corrected chi connectivity index (χ2v) is 4.73. The molecule has 1 unspecified atom stereocenters. The number of rotatable bonds is 4. The first-order chi connectivity index (χ1) is 8.15. The van der Waals surface area contributed by atoms with Gasteiger partial charge in [-0.2, -0.15) is 0 Å². The Morgan fingerprint density at radius 2 is 2.12 bits per heavy atom. The number of hydrogen-bond acceptors (Lipinski definition) is 5. The van der Waals surface area contributed by atoms with E-state index in [4.69, 9.17) is 4.42 Å². The molecule has 96 valence electrons. The van der Waals surface area contributed by atoms with Crippen LogP contribution in [-0.2, 0) is 6.42 Å². The van der Waals surface area contributed by atoms with Gasteiger partial charge in [0.2, 0.25) is 0 Å². The molecule has 1 aliphatic rings. The van der Waals surface area contributed by atoms with E-state index in [-0.39, 0.29) is 0 Å². The minimum atomic E-state index is -0.570. The summed E-state index contributed by atoms with van der Waals surface area (Å²) in [6.45, 7) is 7.15. The monoisotopic (exact) mass is 239 g/mol. The van der Waals surface area contributed by atoms with Gasteiger partial charge >= 0.3 is 0 Å². The van der Waals surface area contributed by atoms with Gasteiger partial charge in [-0.05, 0) is 14.0 Å². The molecule has 1 fully saturated rings. The van der Waals surface area contributed by atoms with Crippen molar-refractivity contribution < 1.29 is 9.52 Å². The molecule has 5 nitrogen and oxygen atoms in total. The molecule has 0 aliphatic carbocycles. The topological polar surface area (TPSA) is 52.7 Å². The lowest BCUT2D eigenvalue weighted by Crippen LogP contribution is -2.45. The lowest BCUT2D eigenvalue weighted by atomic mass is 10.3. The Morgan fingerprint density at radius 3 is 2.71 bits per heavy atom. The highest BCUT2D eigenvalue weighted by molar-refractivity contribution is 4.97. The molecule has 1 saturated heterocycles. The number of likely N-dealkylation sites (N-methyl/N-ethyl adjacent to an activating group) is 1. The van der Waals surface area contributed by atoms with Crippen LogP contribution >= 0.6 is 0 Å². The van der Waals surface area contributed by atoms with E-state index in [1.165, 1.54) is 0 Å². The quantitative estimate of drug-likeness (QED) is 0.830. The van der Waals surface area contributed by atoms with E-state index >= 15 is 0 Å². The number of hydrogen-bond donors (Lipinski definition) is 1. The van der Waals surface area contributed by atoms with Crippen LogP contribution in [0.15, 0.2) is 10.6 Å². The Hall–Kier alpha value is -0.910. The zero-order valence-corrected chi connectivity index (χ0v) is 10.6. The van der Waals surface area contributed by atoms with Crippen LogP contribution < -0.4 is 0 Å². The van der Waals surface area contributed by atoms with Crippen LogP contribution in [0.4, 0.5) is 0 Å². The Kier molecular flexibility index (Phi) is 4.15. The molecular weight excluding hydrogens is 218 g/mol. The molecule has 0 bridgehead atoms. The Morgan fingerprint density at radius 1 is 1.41 bits per heavy atom. The van der Waals surface area contributed by atoms with Gasteiger partial charge in [-0.25, -0.2) is 4.98 Å². The molecule has 5 heteroatoms. The fourth-order valence-electron chi connectivity index (χ4n) is 1.96. The molecular formula is C12H21N3O2. The van der Waals surface area contributed by atoms with Crippen molar-refractivity contribution in [2.45, 2.75) is 19.4 Å². The first-order valence-corrected chi connectivity index (χ1v) is 6.18. The second-order valence-electron chi connectivity index (χ2n) is 4.73. The molecule has 1 atom stereocenters. The maximum absolute atomic E-state index is 9.33. The van der Waals surface area contributed by atoms with E-state index in [1.807, 2.05) is 0 Å². The van der Waals surface area contributed by atoms with Gasteiger partial charge in [0.05, 0.1) is 6.20 Å². The fraction of sp³-hybridized carbons (Fsp3) is 0.750. The third kappa shape index (κ3) is 3.52. The molecule has 0 saturated carbocycles. The standard InChI is InChI=1S/C12H21N3O2/c1-10(16)11-9-13-12(17-11)3-4-15-7-5-14(2)6-8-15/h9-10,16H,3-8H2,1-2H3. The van der Waals surface area contributed by atoms with Crippen molar-refractivity contribution in [2.75, 3.05) is 39.8 Å². The van der Waals surface area contributed by atoms with E-state index < -0.39 is 6.10 Å². The van der Waals surface area contributed by atoms with Gasteiger partial charge in [-0.15, -0.1) is 0 Å². The number of piperazine rings is 1. The zero-order chi connectivity index (χ0) is 12.3. The summed E-state index contributed by atoms with van der Waals surface area (Å²) in [7, 11) is 2.15.